The quantitative estimate of drug-likeness (QED) is 0.111. The second kappa shape index (κ2) is 16.7. The average molecular weight is 795 g/mol. The fourth-order valence-corrected chi connectivity index (χ4v) is 9.51. The molecule has 0 aromatic rings. The number of hydrogen-bond donors (Lipinski definition) is 0. The first kappa shape index (κ1) is 48.6. The van der Waals surface area contributed by atoms with Gasteiger partial charge >= 0.3 is 11.9 Å². The molecule has 1 aliphatic heterocycles. The molecule has 0 radical (unpaired) electrons. The van der Waals surface area contributed by atoms with Crippen molar-refractivity contribution in [2.45, 2.75) is 200 Å². The summed E-state index contributed by atoms with van der Waals surface area (Å²) in [5.74, 6) is -2.97. The molecule has 0 unspecified atom stereocenters. The second-order valence-electron chi connectivity index (χ2n) is 20.1. The molecule has 1 heterocycles. The van der Waals surface area contributed by atoms with Crippen molar-refractivity contribution in [3.8, 4) is 0 Å². The van der Waals surface area contributed by atoms with Gasteiger partial charge in [-0.05, 0) is 86.4 Å². The summed E-state index contributed by atoms with van der Waals surface area (Å²) in [6.45, 7) is 46.6. The van der Waals surface area contributed by atoms with Crippen LogP contribution in [-0.4, -0.2) is 102 Å². The van der Waals surface area contributed by atoms with Crippen molar-refractivity contribution < 1.29 is 46.2 Å². The Kier molecular flexibility index (Phi) is 16.0. The third kappa shape index (κ3) is 11.5. The van der Waals surface area contributed by atoms with E-state index in [4.69, 9.17) is 36.7 Å². The zero-order chi connectivity index (χ0) is 40.4. The molecule has 51 heavy (non-hydrogen) atoms. The van der Waals surface area contributed by atoms with E-state index in [9.17, 15) is 9.59 Å². The van der Waals surface area contributed by atoms with Crippen molar-refractivity contribution in [1.29, 1.82) is 0 Å². The molecule has 0 N–H and O–H groups in total. The molecular weight excluding hydrogens is 717 g/mol. The van der Waals surface area contributed by atoms with Crippen LogP contribution in [-0.2, 0) is 46.2 Å². The Hall–Kier alpha value is -0.432. The molecule has 1 saturated heterocycles. The third-order valence-electron chi connectivity index (χ3n) is 12.0. The highest BCUT2D eigenvalue weighted by Crippen LogP contribution is 2.49. The number of rotatable bonds is 16. The third-order valence-corrected chi connectivity index (χ3v) is 29.9. The Morgan fingerprint density at radius 1 is 0.510 bits per heavy atom. The molecule has 0 saturated carbocycles. The van der Waals surface area contributed by atoms with Crippen LogP contribution in [0, 0.1) is 0 Å². The van der Waals surface area contributed by atoms with Crippen LogP contribution in [0.3, 0.4) is 0 Å². The van der Waals surface area contributed by atoms with E-state index in [2.05, 4.69) is 135 Å². The highest BCUT2D eigenvalue weighted by atomic mass is 28.4. The predicted octanol–water partition coefficient (Wildman–Crippen LogP) is 9.42. The van der Waals surface area contributed by atoms with E-state index in [1.807, 2.05) is 0 Å². The van der Waals surface area contributed by atoms with Crippen molar-refractivity contribution in [3.63, 3.8) is 0 Å². The van der Waals surface area contributed by atoms with E-state index in [1.165, 1.54) is 0 Å². The van der Waals surface area contributed by atoms with Crippen molar-refractivity contribution >= 4 is 45.2 Å². The van der Waals surface area contributed by atoms with Gasteiger partial charge in [-0.3, -0.25) is 0 Å². The van der Waals surface area contributed by atoms with E-state index in [0.29, 0.717) is 0 Å². The maximum Gasteiger partial charge on any atom is 0.336 e. The Labute approximate surface area is 316 Å². The van der Waals surface area contributed by atoms with Crippen LogP contribution < -0.4 is 0 Å². The van der Waals surface area contributed by atoms with Gasteiger partial charge in [-0.1, -0.05) is 83.1 Å². The highest BCUT2D eigenvalue weighted by Gasteiger charge is 2.65. The van der Waals surface area contributed by atoms with Crippen LogP contribution in [0.2, 0.25) is 72.5 Å². The van der Waals surface area contributed by atoms with Gasteiger partial charge in [0.2, 0.25) is 5.79 Å². The summed E-state index contributed by atoms with van der Waals surface area (Å²) in [5, 5.41) is -1.09. The van der Waals surface area contributed by atoms with Gasteiger partial charge in [0.15, 0.2) is 45.5 Å². The minimum absolute atomic E-state index is 0.140. The van der Waals surface area contributed by atoms with Crippen molar-refractivity contribution in [1.82, 2.24) is 0 Å². The normalized spacial score (nSPS) is 19.3. The van der Waals surface area contributed by atoms with Gasteiger partial charge < -0.3 is 36.7 Å². The monoisotopic (exact) mass is 794 g/mol. The van der Waals surface area contributed by atoms with Gasteiger partial charge in [-0.15, -0.1) is 0 Å². The molecular formula is C37H78O10Si4. The summed E-state index contributed by atoms with van der Waals surface area (Å²) < 4.78 is 54.1. The summed E-state index contributed by atoms with van der Waals surface area (Å²) in [4.78, 5) is 28.8. The SMILES string of the molecule is CCOC(=O)[C@@H](O[Si](C)(C)C(C)(C)C)[C@H](O[Si](C)(C)C(C)(C)C)C1([C@H](O[Si](C)(C)C(C)(C)C)[C@@H](O[Si](C)(C)C(C)(C)C)C(=O)OCC)OCCO1. The number of hydrogen-bond acceptors (Lipinski definition) is 10. The van der Waals surface area contributed by atoms with E-state index in [-0.39, 0.29) is 46.6 Å². The molecule has 302 valence electrons. The van der Waals surface area contributed by atoms with Gasteiger partial charge in [-0.25, -0.2) is 9.59 Å². The van der Waals surface area contributed by atoms with Crippen LogP contribution in [0.5, 0.6) is 0 Å². The fraction of sp³-hybridized carbons (Fsp3) is 0.946. The van der Waals surface area contributed by atoms with Gasteiger partial charge in [0.05, 0.1) is 26.4 Å². The zero-order valence-electron chi connectivity index (χ0n) is 36.7. The fourth-order valence-electron chi connectivity index (χ4n) is 4.54. The molecule has 14 heteroatoms. The van der Waals surface area contributed by atoms with Gasteiger partial charge in [0.25, 0.3) is 0 Å². The van der Waals surface area contributed by atoms with Gasteiger partial charge in [0.1, 0.15) is 12.2 Å². The standard InChI is InChI=1S/C37H78O10Si4/c1-23-40-31(38)27(44-48(15,16)33(3,4)5)29(46-50(19,20)35(9,10)11)37(42-25-26-43-37)30(47-51(21,22)36(12,13)14)28(32(39)41-24-2)45-49(17,18)34(6,7)8/h27-30H,23-26H2,1-22H3/t27-,28+,29-,30+. The summed E-state index contributed by atoms with van der Waals surface area (Å²) in [7, 11) is -10.9. The number of esters is 2. The first-order valence-electron chi connectivity index (χ1n) is 18.9. The van der Waals surface area contributed by atoms with Crippen LogP contribution in [0.1, 0.15) is 96.9 Å². The van der Waals surface area contributed by atoms with Gasteiger partial charge in [-0.2, -0.15) is 0 Å². The van der Waals surface area contributed by atoms with E-state index in [0.717, 1.165) is 0 Å². The molecule has 0 aromatic heterocycles. The van der Waals surface area contributed by atoms with E-state index < -0.39 is 75.4 Å². The summed E-state index contributed by atoms with van der Waals surface area (Å²) in [6.07, 6.45) is -4.91. The number of carbonyl (C=O) groups excluding carboxylic acids is 2. The molecule has 4 atom stereocenters. The van der Waals surface area contributed by atoms with Crippen molar-refractivity contribution in [3.05, 3.63) is 0 Å². The first-order valence-corrected chi connectivity index (χ1v) is 30.5. The lowest BCUT2D eigenvalue weighted by Gasteiger charge is -2.53. The Bertz CT molecular complexity index is 1070. The second-order valence-corrected chi connectivity index (χ2v) is 39.1. The number of ether oxygens (including phenoxy) is 4. The summed E-state index contributed by atoms with van der Waals surface area (Å²) >= 11 is 0. The lowest BCUT2D eigenvalue weighted by Crippen LogP contribution is -2.71. The number of carbonyl (C=O) groups is 2. The highest BCUT2D eigenvalue weighted by molar-refractivity contribution is 6.75. The van der Waals surface area contributed by atoms with Crippen LogP contribution in [0.4, 0.5) is 0 Å². The lowest BCUT2D eigenvalue weighted by atomic mass is 9.94. The lowest BCUT2D eigenvalue weighted by molar-refractivity contribution is -0.289. The van der Waals surface area contributed by atoms with Crippen molar-refractivity contribution in [2.24, 2.45) is 0 Å². The molecule has 1 fully saturated rings. The minimum Gasteiger partial charge on any atom is -0.464 e. The van der Waals surface area contributed by atoms with Crippen LogP contribution in [0.25, 0.3) is 0 Å². The summed E-state index contributed by atoms with van der Waals surface area (Å²) in [5.41, 5.74) is 0. The molecule has 0 spiro atoms. The Balaban J connectivity index is 4.52. The van der Waals surface area contributed by atoms with Gasteiger partial charge in [0, 0.05) is 0 Å². The molecule has 1 aliphatic rings. The maximum atomic E-state index is 14.4. The molecule has 0 bridgehead atoms. The van der Waals surface area contributed by atoms with E-state index in [1.54, 1.807) is 13.8 Å². The van der Waals surface area contributed by atoms with Crippen molar-refractivity contribution in [2.75, 3.05) is 26.4 Å². The first-order chi connectivity index (χ1) is 22.6. The zero-order valence-corrected chi connectivity index (χ0v) is 40.7. The van der Waals surface area contributed by atoms with Crippen LogP contribution >= 0.6 is 0 Å². The Morgan fingerprint density at radius 3 is 0.961 bits per heavy atom. The molecule has 1 rings (SSSR count). The molecule has 0 amide bonds. The Morgan fingerprint density at radius 2 is 0.745 bits per heavy atom. The average Bonchev–Trinajstić information content (AvgIpc) is 3.41. The smallest absolute Gasteiger partial charge is 0.336 e. The summed E-state index contributed by atoms with van der Waals surface area (Å²) in [6, 6.07) is 0. The molecule has 10 nitrogen and oxygen atoms in total. The predicted molar refractivity (Wildman–Crippen MR) is 216 cm³/mol. The van der Waals surface area contributed by atoms with Crippen LogP contribution in [0.15, 0.2) is 0 Å². The van der Waals surface area contributed by atoms with E-state index >= 15 is 0 Å². The largest absolute Gasteiger partial charge is 0.464 e. The molecule has 0 aliphatic carbocycles. The maximum absolute atomic E-state index is 14.4. The topological polar surface area (TPSA) is 108 Å². The minimum atomic E-state index is -2.76. The molecule has 0 aromatic carbocycles.